The second-order valence-corrected chi connectivity index (χ2v) is 7.39. The number of aromatic nitrogens is 1. The quantitative estimate of drug-likeness (QED) is 0.693. The molecule has 2 heterocycles. The van der Waals surface area contributed by atoms with Crippen LogP contribution in [-0.4, -0.2) is 29.6 Å². The Morgan fingerprint density at radius 3 is 2.65 bits per heavy atom. The lowest BCUT2D eigenvalue weighted by Crippen LogP contribution is -2.27. The average Bonchev–Trinajstić information content (AvgIpc) is 2.84. The Bertz CT molecular complexity index is 931. The lowest BCUT2D eigenvalue weighted by atomic mass is 10.0. The summed E-state index contributed by atoms with van der Waals surface area (Å²) in [7, 11) is 0. The Hall–Kier alpha value is -2.39. The summed E-state index contributed by atoms with van der Waals surface area (Å²) in [6.07, 6.45) is 1.06. The van der Waals surface area contributed by atoms with Crippen LogP contribution in [0.15, 0.2) is 42.5 Å². The molecule has 26 heavy (non-hydrogen) atoms. The first kappa shape index (κ1) is 17.0. The molecule has 0 bridgehead atoms. The van der Waals surface area contributed by atoms with Crippen molar-refractivity contribution in [3.8, 4) is 5.88 Å². The van der Waals surface area contributed by atoms with Gasteiger partial charge in [-0.1, -0.05) is 42.0 Å². The van der Waals surface area contributed by atoms with Gasteiger partial charge in [0, 0.05) is 30.6 Å². The fourth-order valence-corrected chi connectivity index (χ4v) is 3.57. The number of aryl methyl sites for hydroxylation is 3. The van der Waals surface area contributed by atoms with E-state index in [-0.39, 0.29) is 0 Å². The standard InChI is InChI=1S/C23H26N2O/c1-16-4-7-19(8-5-16)10-11-25-12-13-26-23-21(15-25)14-20-9-6-17(2)18(3)22(20)24-23/h4-9,14H,10-13,15H2,1-3H3. The van der Waals surface area contributed by atoms with Crippen molar-refractivity contribution >= 4 is 10.9 Å². The lowest BCUT2D eigenvalue weighted by Gasteiger charge is -2.19. The minimum absolute atomic E-state index is 0.699. The highest BCUT2D eigenvalue weighted by Gasteiger charge is 2.18. The SMILES string of the molecule is Cc1ccc(CCN2CCOc3nc4c(C)c(C)ccc4cc3C2)cc1. The molecule has 0 spiro atoms. The summed E-state index contributed by atoms with van der Waals surface area (Å²) >= 11 is 0. The first-order valence-electron chi connectivity index (χ1n) is 9.41. The average molecular weight is 346 g/mol. The smallest absolute Gasteiger partial charge is 0.218 e. The van der Waals surface area contributed by atoms with Crippen molar-refractivity contribution in [2.45, 2.75) is 33.7 Å². The van der Waals surface area contributed by atoms with Crippen LogP contribution in [0, 0.1) is 20.8 Å². The van der Waals surface area contributed by atoms with Crippen LogP contribution in [0.3, 0.4) is 0 Å². The summed E-state index contributed by atoms with van der Waals surface area (Å²) in [6, 6.07) is 15.5. The van der Waals surface area contributed by atoms with Crippen LogP contribution < -0.4 is 4.74 Å². The largest absolute Gasteiger partial charge is 0.476 e. The van der Waals surface area contributed by atoms with Crippen LogP contribution in [0.2, 0.25) is 0 Å². The molecule has 0 N–H and O–H groups in total. The zero-order valence-electron chi connectivity index (χ0n) is 15.9. The first-order valence-corrected chi connectivity index (χ1v) is 9.41. The minimum atomic E-state index is 0.699. The van der Waals surface area contributed by atoms with E-state index in [1.165, 1.54) is 33.2 Å². The van der Waals surface area contributed by atoms with E-state index in [2.05, 4.69) is 68.1 Å². The van der Waals surface area contributed by atoms with Crippen LogP contribution in [0.4, 0.5) is 0 Å². The summed E-state index contributed by atoms with van der Waals surface area (Å²) < 4.78 is 6.00. The van der Waals surface area contributed by atoms with Crippen LogP contribution >= 0.6 is 0 Å². The monoisotopic (exact) mass is 346 g/mol. The van der Waals surface area contributed by atoms with Gasteiger partial charge < -0.3 is 4.74 Å². The second kappa shape index (κ2) is 7.08. The van der Waals surface area contributed by atoms with Crippen LogP contribution in [0.5, 0.6) is 5.88 Å². The fraction of sp³-hybridized carbons (Fsp3) is 0.348. The zero-order chi connectivity index (χ0) is 18.1. The summed E-state index contributed by atoms with van der Waals surface area (Å²) in [4.78, 5) is 7.32. The predicted molar refractivity (Wildman–Crippen MR) is 107 cm³/mol. The van der Waals surface area contributed by atoms with Crippen molar-refractivity contribution < 1.29 is 4.74 Å². The summed E-state index contributed by atoms with van der Waals surface area (Å²) in [6.45, 7) is 9.99. The molecule has 0 amide bonds. The molecule has 3 nitrogen and oxygen atoms in total. The Kier molecular flexibility index (Phi) is 4.64. The van der Waals surface area contributed by atoms with Crippen molar-refractivity contribution in [1.82, 2.24) is 9.88 Å². The number of fused-ring (bicyclic) bond motifs is 2. The van der Waals surface area contributed by atoms with Gasteiger partial charge in [-0.05, 0) is 49.9 Å². The van der Waals surface area contributed by atoms with Gasteiger partial charge in [-0.15, -0.1) is 0 Å². The molecule has 0 atom stereocenters. The fourth-order valence-electron chi connectivity index (χ4n) is 3.57. The van der Waals surface area contributed by atoms with Gasteiger partial charge in [0.1, 0.15) is 6.61 Å². The van der Waals surface area contributed by atoms with E-state index in [4.69, 9.17) is 9.72 Å². The topological polar surface area (TPSA) is 25.4 Å². The molecule has 1 aliphatic heterocycles. The van der Waals surface area contributed by atoms with Gasteiger partial charge >= 0.3 is 0 Å². The third-order valence-corrected chi connectivity index (χ3v) is 5.43. The number of nitrogens with zero attached hydrogens (tertiary/aromatic N) is 2. The molecule has 0 saturated carbocycles. The van der Waals surface area contributed by atoms with Crippen LogP contribution in [0.1, 0.15) is 27.8 Å². The molecule has 1 aliphatic rings. The molecule has 0 unspecified atom stereocenters. The lowest BCUT2D eigenvalue weighted by molar-refractivity contribution is 0.225. The molecule has 0 aliphatic carbocycles. The highest BCUT2D eigenvalue weighted by molar-refractivity contribution is 5.84. The maximum absolute atomic E-state index is 6.00. The van der Waals surface area contributed by atoms with E-state index in [9.17, 15) is 0 Å². The summed E-state index contributed by atoms with van der Waals surface area (Å²) in [5, 5.41) is 1.20. The molecule has 3 heteroatoms. The van der Waals surface area contributed by atoms with Crippen molar-refractivity contribution in [3.63, 3.8) is 0 Å². The number of pyridine rings is 1. The Balaban J connectivity index is 1.55. The van der Waals surface area contributed by atoms with Crippen LogP contribution in [0.25, 0.3) is 10.9 Å². The number of rotatable bonds is 3. The molecule has 1 aromatic heterocycles. The molecule has 134 valence electrons. The van der Waals surface area contributed by atoms with E-state index in [1.807, 2.05) is 0 Å². The maximum Gasteiger partial charge on any atom is 0.218 e. The Morgan fingerprint density at radius 2 is 1.85 bits per heavy atom. The first-order chi connectivity index (χ1) is 12.6. The van der Waals surface area contributed by atoms with E-state index in [1.54, 1.807) is 0 Å². The summed E-state index contributed by atoms with van der Waals surface area (Å²) in [5.74, 6) is 0.809. The van der Waals surface area contributed by atoms with Gasteiger partial charge in [0.05, 0.1) is 5.52 Å². The number of hydrogen-bond donors (Lipinski definition) is 0. The van der Waals surface area contributed by atoms with Gasteiger partial charge in [-0.2, -0.15) is 0 Å². The Labute approximate surface area is 155 Å². The van der Waals surface area contributed by atoms with Gasteiger partial charge in [0.25, 0.3) is 0 Å². The molecule has 4 rings (SSSR count). The second-order valence-electron chi connectivity index (χ2n) is 7.39. The van der Waals surface area contributed by atoms with E-state index >= 15 is 0 Å². The highest BCUT2D eigenvalue weighted by atomic mass is 16.5. The molecule has 3 aromatic rings. The Morgan fingerprint density at radius 1 is 1.04 bits per heavy atom. The predicted octanol–water partition coefficient (Wildman–Crippen LogP) is 4.60. The summed E-state index contributed by atoms with van der Waals surface area (Å²) in [5.41, 5.74) is 7.49. The van der Waals surface area contributed by atoms with Crippen molar-refractivity contribution in [1.29, 1.82) is 0 Å². The third kappa shape index (κ3) is 3.45. The minimum Gasteiger partial charge on any atom is -0.476 e. The van der Waals surface area contributed by atoms with Crippen molar-refractivity contribution in [3.05, 3.63) is 70.3 Å². The van der Waals surface area contributed by atoms with Crippen molar-refractivity contribution in [2.24, 2.45) is 0 Å². The third-order valence-electron chi connectivity index (χ3n) is 5.43. The van der Waals surface area contributed by atoms with E-state index in [0.29, 0.717) is 6.61 Å². The van der Waals surface area contributed by atoms with Gasteiger partial charge in [0.2, 0.25) is 5.88 Å². The molecule has 0 saturated heterocycles. The van der Waals surface area contributed by atoms with E-state index in [0.717, 1.165) is 37.5 Å². The normalized spacial score (nSPS) is 14.7. The van der Waals surface area contributed by atoms with Gasteiger partial charge in [-0.25, -0.2) is 4.98 Å². The number of hydrogen-bond acceptors (Lipinski definition) is 3. The van der Waals surface area contributed by atoms with E-state index < -0.39 is 0 Å². The van der Waals surface area contributed by atoms with Gasteiger partial charge in [0.15, 0.2) is 0 Å². The number of benzene rings is 2. The molecular formula is C23H26N2O. The molecule has 0 fully saturated rings. The molecule has 2 aromatic carbocycles. The zero-order valence-corrected chi connectivity index (χ0v) is 15.9. The molecule has 0 radical (unpaired) electrons. The number of ether oxygens (including phenoxy) is 1. The van der Waals surface area contributed by atoms with Crippen LogP contribution in [-0.2, 0) is 13.0 Å². The highest BCUT2D eigenvalue weighted by Crippen LogP contribution is 2.28. The van der Waals surface area contributed by atoms with Crippen molar-refractivity contribution in [2.75, 3.05) is 19.7 Å². The maximum atomic E-state index is 6.00. The molecular weight excluding hydrogens is 320 g/mol. The van der Waals surface area contributed by atoms with Gasteiger partial charge in [-0.3, -0.25) is 4.90 Å².